The molecular formula is C15H14Cl2N6O2S. The number of nitrogens with one attached hydrogen (secondary N) is 1. The lowest BCUT2D eigenvalue weighted by atomic mass is 10.3. The summed E-state index contributed by atoms with van der Waals surface area (Å²) in [4.78, 5) is 17.6. The average Bonchev–Trinajstić information content (AvgIpc) is 3.12. The quantitative estimate of drug-likeness (QED) is 0.707. The molecule has 0 spiro atoms. The topological polar surface area (TPSA) is 95.1 Å². The summed E-state index contributed by atoms with van der Waals surface area (Å²) in [7, 11) is -3.72. The predicted molar refractivity (Wildman–Crippen MR) is 99.1 cm³/mol. The maximum atomic E-state index is 12.9. The zero-order valence-electron chi connectivity index (χ0n) is 13.4. The van der Waals surface area contributed by atoms with E-state index in [9.17, 15) is 8.42 Å². The molecule has 0 atom stereocenters. The van der Waals surface area contributed by atoms with E-state index >= 15 is 0 Å². The number of fused-ring (bicyclic) bond motifs is 1. The first kappa shape index (κ1) is 17.5. The summed E-state index contributed by atoms with van der Waals surface area (Å²) in [5.74, 6) is 0.713. The Morgan fingerprint density at radius 1 is 1.04 bits per heavy atom. The van der Waals surface area contributed by atoms with E-state index in [1.165, 1.54) is 22.8 Å². The molecular weight excluding hydrogens is 399 g/mol. The first-order chi connectivity index (χ1) is 12.5. The molecule has 2 aromatic heterocycles. The highest BCUT2D eigenvalue weighted by molar-refractivity contribution is 7.89. The van der Waals surface area contributed by atoms with Crippen LogP contribution in [0.1, 0.15) is 0 Å². The van der Waals surface area contributed by atoms with Crippen molar-refractivity contribution in [3.63, 3.8) is 0 Å². The zero-order valence-corrected chi connectivity index (χ0v) is 15.8. The first-order valence-electron chi connectivity index (χ1n) is 7.81. The predicted octanol–water partition coefficient (Wildman–Crippen LogP) is 2.17. The number of hydrogen-bond acceptors (Lipinski definition) is 6. The minimum atomic E-state index is -3.72. The SMILES string of the molecule is O=S(=O)(c1cc(Cl)ccc1Cl)N1CCN(c2ncnc3nc[nH]c23)CC1. The second-order valence-electron chi connectivity index (χ2n) is 5.76. The number of rotatable bonds is 3. The number of H-pyrrole nitrogens is 1. The summed E-state index contributed by atoms with van der Waals surface area (Å²) >= 11 is 12.0. The second-order valence-corrected chi connectivity index (χ2v) is 8.51. The highest BCUT2D eigenvalue weighted by atomic mass is 35.5. The highest BCUT2D eigenvalue weighted by Crippen LogP contribution is 2.29. The number of nitrogens with zero attached hydrogens (tertiary/aromatic N) is 5. The Kier molecular flexibility index (Phi) is 4.47. The molecule has 1 aliphatic heterocycles. The van der Waals surface area contributed by atoms with Crippen molar-refractivity contribution in [3.05, 3.63) is 40.9 Å². The van der Waals surface area contributed by atoms with Crippen LogP contribution < -0.4 is 4.90 Å². The van der Waals surface area contributed by atoms with E-state index in [1.54, 1.807) is 12.4 Å². The molecule has 1 fully saturated rings. The van der Waals surface area contributed by atoms with Gasteiger partial charge in [-0.25, -0.2) is 23.4 Å². The number of piperazine rings is 1. The van der Waals surface area contributed by atoms with Gasteiger partial charge in [0.15, 0.2) is 11.5 Å². The summed E-state index contributed by atoms with van der Waals surface area (Å²) < 4.78 is 27.2. The summed E-state index contributed by atoms with van der Waals surface area (Å²) in [6, 6.07) is 4.43. The van der Waals surface area contributed by atoms with E-state index < -0.39 is 10.0 Å². The Morgan fingerprint density at radius 3 is 2.58 bits per heavy atom. The van der Waals surface area contributed by atoms with Crippen LogP contribution in [0.25, 0.3) is 11.2 Å². The molecule has 0 bridgehead atoms. The largest absolute Gasteiger partial charge is 0.352 e. The van der Waals surface area contributed by atoms with Gasteiger partial charge in [-0.2, -0.15) is 4.31 Å². The van der Waals surface area contributed by atoms with Crippen molar-refractivity contribution in [1.82, 2.24) is 24.2 Å². The van der Waals surface area contributed by atoms with Gasteiger partial charge >= 0.3 is 0 Å². The van der Waals surface area contributed by atoms with E-state index in [0.29, 0.717) is 42.7 Å². The van der Waals surface area contributed by atoms with Gasteiger partial charge in [-0.3, -0.25) is 0 Å². The van der Waals surface area contributed by atoms with Gasteiger partial charge in [-0.15, -0.1) is 0 Å². The van der Waals surface area contributed by atoms with Gasteiger partial charge in [0.25, 0.3) is 0 Å². The minimum Gasteiger partial charge on any atom is -0.352 e. The summed E-state index contributed by atoms with van der Waals surface area (Å²) in [6.07, 6.45) is 3.01. The Morgan fingerprint density at radius 2 is 1.81 bits per heavy atom. The van der Waals surface area contributed by atoms with Crippen LogP contribution in [0.4, 0.5) is 5.82 Å². The molecule has 11 heteroatoms. The molecule has 136 valence electrons. The molecule has 8 nitrogen and oxygen atoms in total. The standard InChI is InChI=1S/C15H14Cl2N6O2S/c16-10-1-2-11(17)12(7-10)26(24,25)23-5-3-22(4-6-23)15-13-14(19-8-18-13)20-9-21-15/h1-2,7-9H,3-6H2,(H,18,19,20,21). The number of aromatic amines is 1. The molecule has 1 aliphatic rings. The van der Waals surface area contributed by atoms with Gasteiger partial charge in [0, 0.05) is 31.2 Å². The van der Waals surface area contributed by atoms with E-state index in [4.69, 9.17) is 23.2 Å². The summed E-state index contributed by atoms with van der Waals surface area (Å²) in [6.45, 7) is 1.60. The van der Waals surface area contributed by atoms with Gasteiger partial charge < -0.3 is 9.88 Å². The Hall–Kier alpha value is -1.94. The Bertz CT molecular complexity index is 1060. The Labute approximate surface area is 159 Å². The molecule has 0 amide bonds. The lowest BCUT2D eigenvalue weighted by Gasteiger charge is -2.34. The fraction of sp³-hybridized carbons (Fsp3) is 0.267. The molecule has 26 heavy (non-hydrogen) atoms. The molecule has 0 aliphatic carbocycles. The van der Waals surface area contributed by atoms with Crippen molar-refractivity contribution in [2.75, 3.05) is 31.1 Å². The van der Waals surface area contributed by atoms with Crippen LogP contribution in [0.5, 0.6) is 0 Å². The maximum absolute atomic E-state index is 12.9. The fourth-order valence-corrected chi connectivity index (χ4v) is 5.11. The lowest BCUT2D eigenvalue weighted by Crippen LogP contribution is -2.49. The van der Waals surface area contributed by atoms with Crippen molar-refractivity contribution in [2.45, 2.75) is 4.90 Å². The average molecular weight is 413 g/mol. The molecule has 0 radical (unpaired) electrons. The number of aromatic nitrogens is 4. The van der Waals surface area contributed by atoms with Crippen LogP contribution in [-0.2, 0) is 10.0 Å². The van der Waals surface area contributed by atoms with Crippen LogP contribution in [0.2, 0.25) is 10.0 Å². The monoisotopic (exact) mass is 412 g/mol. The fourth-order valence-electron chi connectivity index (χ4n) is 2.95. The molecule has 4 rings (SSSR count). The van der Waals surface area contributed by atoms with Crippen molar-refractivity contribution >= 4 is 50.2 Å². The lowest BCUT2D eigenvalue weighted by molar-refractivity contribution is 0.384. The van der Waals surface area contributed by atoms with Crippen LogP contribution >= 0.6 is 23.2 Å². The van der Waals surface area contributed by atoms with Crippen molar-refractivity contribution in [3.8, 4) is 0 Å². The Balaban J connectivity index is 1.56. The van der Waals surface area contributed by atoms with E-state index in [0.717, 1.165) is 5.52 Å². The van der Waals surface area contributed by atoms with Crippen LogP contribution in [0, 0.1) is 0 Å². The van der Waals surface area contributed by atoms with Gasteiger partial charge in [-0.1, -0.05) is 23.2 Å². The number of benzene rings is 1. The normalized spacial score (nSPS) is 16.3. The molecule has 3 aromatic rings. The zero-order chi connectivity index (χ0) is 18.3. The van der Waals surface area contributed by atoms with Crippen molar-refractivity contribution < 1.29 is 8.42 Å². The smallest absolute Gasteiger partial charge is 0.244 e. The number of sulfonamides is 1. The third kappa shape index (κ3) is 3.01. The minimum absolute atomic E-state index is 0.0260. The van der Waals surface area contributed by atoms with E-state index in [1.807, 2.05) is 4.90 Å². The summed E-state index contributed by atoms with van der Waals surface area (Å²) in [5.41, 5.74) is 1.32. The number of anilines is 1. The molecule has 0 unspecified atom stereocenters. The third-order valence-electron chi connectivity index (χ3n) is 4.25. The molecule has 0 saturated carbocycles. The van der Waals surface area contributed by atoms with Gasteiger partial charge in [-0.05, 0) is 18.2 Å². The van der Waals surface area contributed by atoms with Gasteiger partial charge in [0.1, 0.15) is 16.7 Å². The number of halogens is 2. The second kappa shape index (κ2) is 6.66. The third-order valence-corrected chi connectivity index (χ3v) is 6.87. The van der Waals surface area contributed by atoms with E-state index in [-0.39, 0.29) is 9.92 Å². The van der Waals surface area contributed by atoms with Crippen LogP contribution in [-0.4, -0.2) is 58.8 Å². The van der Waals surface area contributed by atoms with E-state index in [2.05, 4.69) is 19.9 Å². The number of imidazole rings is 1. The van der Waals surface area contributed by atoms with Crippen LogP contribution in [0.15, 0.2) is 35.7 Å². The maximum Gasteiger partial charge on any atom is 0.244 e. The molecule has 3 heterocycles. The van der Waals surface area contributed by atoms with Crippen LogP contribution in [0.3, 0.4) is 0 Å². The van der Waals surface area contributed by atoms with Crippen molar-refractivity contribution in [1.29, 1.82) is 0 Å². The summed E-state index contributed by atoms with van der Waals surface area (Å²) in [5, 5.41) is 0.487. The van der Waals surface area contributed by atoms with Crippen molar-refractivity contribution in [2.24, 2.45) is 0 Å². The number of hydrogen-bond donors (Lipinski definition) is 1. The first-order valence-corrected chi connectivity index (χ1v) is 10.0. The molecule has 1 N–H and O–H groups in total. The van der Waals surface area contributed by atoms with Gasteiger partial charge in [0.05, 0.1) is 11.3 Å². The van der Waals surface area contributed by atoms with Gasteiger partial charge in [0.2, 0.25) is 10.0 Å². The molecule has 1 aromatic carbocycles. The highest BCUT2D eigenvalue weighted by Gasteiger charge is 2.31. The molecule has 1 saturated heterocycles.